The average Bonchev–Trinajstić information content (AvgIpc) is 3.38. The van der Waals surface area contributed by atoms with E-state index in [2.05, 4.69) is 10.6 Å². The molecule has 0 atom stereocenters. The third-order valence-corrected chi connectivity index (χ3v) is 4.81. The lowest BCUT2D eigenvalue weighted by molar-refractivity contribution is -0.131. The van der Waals surface area contributed by atoms with Crippen molar-refractivity contribution in [2.45, 2.75) is 39.5 Å². The van der Waals surface area contributed by atoms with Crippen molar-refractivity contribution in [3.63, 3.8) is 0 Å². The van der Waals surface area contributed by atoms with E-state index in [1.54, 1.807) is 24.3 Å². The van der Waals surface area contributed by atoms with E-state index in [1.165, 1.54) is 6.07 Å². The average molecular weight is 354 g/mol. The molecule has 2 amide bonds. The van der Waals surface area contributed by atoms with Gasteiger partial charge in [-0.25, -0.2) is 4.39 Å². The van der Waals surface area contributed by atoms with Crippen molar-refractivity contribution in [1.82, 2.24) is 0 Å². The largest absolute Gasteiger partial charge is 0.325 e. The lowest BCUT2D eigenvalue weighted by atomic mass is 10.0. The van der Waals surface area contributed by atoms with Crippen molar-refractivity contribution < 1.29 is 14.0 Å². The van der Waals surface area contributed by atoms with Gasteiger partial charge in [0.1, 0.15) is 11.2 Å². The molecule has 4 nitrogen and oxygen atoms in total. The highest BCUT2D eigenvalue weighted by Crippen LogP contribution is 2.47. The second kappa shape index (κ2) is 6.90. The zero-order valence-corrected chi connectivity index (χ0v) is 15.2. The summed E-state index contributed by atoms with van der Waals surface area (Å²) >= 11 is 0. The molecule has 0 unspecified atom stereocenters. The van der Waals surface area contributed by atoms with Gasteiger partial charge in [0.2, 0.25) is 11.8 Å². The summed E-state index contributed by atoms with van der Waals surface area (Å²) < 4.78 is 14.1. The molecule has 0 heterocycles. The highest BCUT2D eigenvalue weighted by Gasteiger charge is 2.56. The number of anilines is 2. The van der Waals surface area contributed by atoms with Gasteiger partial charge >= 0.3 is 0 Å². The fourth-order valence-corrected chi connectivity index (χ4v) is 2.89. The lowest BCUT2D eigenvalue weighted by Gasteiger charge is -2.16. The van der Waals surface area contributed by atoms with Crippen LogP contribution in [0.5, 0.6) is 0 Å². The molecule has 0 aliphatic heterocycles. The number of nitrogens with one attached hydrogen (secondary N) is 2. The summed E-state index contributed by atoms with van der Waals surface area (Å²) in [5.74, 6) is -1.00. The van der Waals surface area contributed by atoms with Crippen LogP contribution in [-0.4, -0.2) is 11.8 Å². The Morgan fingerprint density at radius 3 is 2.00 bits per heavy atom. The van der Waals surface area contributed by atoms with Crippen LogP contribution in [0, 0.1) is 18.2 Å². The molecular formula is C21H23FN2O2. The fraction of sp³-hybridized carbons (Fsp3) is 0.333. The summed E-state index contributed by atoms with van der Waals surface area (Å²) in [6, 6.07) is 12.1. The van der Waals surface area contributed by atoms with E-state index >= 15 is 0 Å². The maximum Gasteiger partial charge on any atom is 0.240 e. The summed E-state index contributed by atoms with van der Waals surface area (Å²) in [4.78, 5) is 25.2. The predicted octanol–water partition coefficient (Wildman–Crippen LogP) is 4.61. The minimum Gasteiger partial charge on any atom is -0.325 e. The van der Waals surface area contributed by atoms with Gasteiger partial charge in [-0.15, -0.1) is 0 Å². The molecule has 0 saturated heterocycles. The first-order chi connectivity index (χ1) is 12.3. The van der Waals surface area contributed by atoms with Gasteiger partial charge in [0.15, 0.2) is 0 Å². The molecule has 26 heavy (non-hydrogen) atoms. The molecule has 1 fully saturated rings. The first-order valence-corrected chi connectivity index (χ1v) is 8.81. The van der Waals surface area contributed by atoms with Gasteiger partial charge in [-0.3, -0.25) is 9.59 Å². The standard InChI is InChI=1S/C21H23FN2O2/c1-13(2)17-9-8-16(12-18(17)22)24-20(26)21(10-11-21)19(25)23-15-6-4-14(3)5-7-15/h4-9,12-13H,10-11H2,1-3H3,(H,23,25)(H,24,26). The van der Waals surface area contributed by atoms with Crippen molar-refractivity contribution in [3.05, 3.63) is 59.4 Å². The van der Waals surface area contributed by atoms with Crippen molar-refractivity contribution in [3.8, 4) is 0 Å². The van der Waals surface area contributed by atoms with Gasteiger partial charge < -0.3 is 10.6 Å². The van der Waals surface area contributed by atoms with Gasteiger partial charge in [0.25, 0.3) is 0 Å². The number of carbonyl (C=O) groups is 2. The van der Waals surface area contributed by atoms with Gasteiger partial charge in [0.05, 0.1) is 0 Å². The highest BCUT2D eigenvalue weighted by atomic mass is 19.1. The number of halogens is 1. The molecule has 0 aromatic heterocycles. The number of hydrogen-bond donors (Lipinski definition) is 2. The SMILES string of the molecule is Cc1ccc(NC(=O)C2(C(=O)Nc3ccc(C(C)C)c(F)c3)CC2)cc1. The van der Waals surface area contributed by atoms with Crippen LogP contribution >= 0.6 is 0 Å². The van der Waals surface area contributed by atoms with Gasteiger partial charge in [-0.2, -0.15) is 0 Å². The number of aryl methyl sites for hydroxylation is 1. The summed E-state index contributed by atoms with van der Waals surface area (Å²) in [7, 11) is 0. The van der Waals surface area contributed by atoms with E-state index in [1.807, 2.05) is 32.9 Å². The molecule has 0 bridgehead atoms. The summed E-state index contributed by atoms with van der Waals surface area (Å²) in [6.45, 7) is 5.78. The van der Waals surface area contributed by atoms with Crippen LogP contribution in [0.15, 0.2) is 42.5 Å². The molecule has 1 aliphatic carbocycles. The molecule has 2 aromatic carbocycles. The number of hydrogen-bond acceptors (Lipinski definition) is 2. The maximum absolute atomic E-state index is 14.1. The molecule has 1 saturated carbocycles. The third kappa shape index (κ3) is 3.62. The van der Waals surface area contributed by atoms with E-state index in [-0.39, 0.29) is 23.5 Å². The second-order valence-electron chi connectivity index (χ2n) is 7.25. The van der Waals surface area contributed by atoms with E-state index in [9.17, 15) is 14.0 Å². The topological polar surface area (TPSA) is 58.2 Å². The van der Waals surface area contributed by atoms with Crippen molar-refractivity contribution in [1.29, 1.82) is 0 Å². The first-order valence-electron chi connectivity index (χ1n) is 8.81. The van der Waals surface area contributed by atoms with Crippen LogP contribution in [0.3, 0.4) is 0 Å². The van der Waals surface area contributed by atoms with Gasteiger partial charge in [-0.05, 0) is 55.5 Å². The van der Waals surface area contributed by atoms with E-state index < -0.39 is 5.41 Å². The number of benzene rings is 2. The fourth-order valence-electron chi connectivity index (χ4n) is 2.89. The van der Waals surface area contributed by atoms with E-state index in [0.717, 1.165) is 5.56 Å². The van der Waals surface area contributed by atoms with E-state index in [0.29, 0.717) is 29.8 Å². The minimum absolute atomic E-state index is 0.0646. The molecule has 5 heteroatoms. The Morgan fingerprint density at radius 1 is 0.962 bits per heavy atom. The molecule has 0 radical (unpaired) electrons. The Hall–Kier alpha value is -2.69. The Bertz CT molecular complexity index is 840. The van der Waals surface area contributed by atoms with Crippen molar-refractivity contribution >= 4 is 23.2 Å². The third-order valence-electron chi connectivity index (χ3n) is 4.81. The van der Waals surface area contributed by atoms with E-state index in [4.69, 9.17) is 0 Å². The summed E-state index contributed by atoms with van der Waals surface area (Å²) in [6.07, 6.45) is 0.978. The number of carbonyl (C=O) groups excluding carboxylic acids is 2. The van der Waals surface area contributed by atoms with Crippen molar-refractivity contribution in [2.24, 2.45) is 5.41 Å². The van der Waals surface area contributed by atoms with Crippen LogP contribution in [0.2, 0.25) is 0 Å². The second-order valence-corrected chi connectivity index (χ2v) is 7.25. The first kappa shape index (κ1) is 18.1. The Morgan fingerprint density at radius 2 is 1.50 bits per heavy atom. The molecule has 2 aromatic rings. The Kier molecular flexibility index (Phi) is 4.81. The number of rotatable bonds is 5. The molecule has 2 N–H and O–H groups in total. The van der Waals surface area contributed by atoms with Crippen LogP contribution in [0.25, 0.3) is 0 Å². The predicted molar refractivity (Wildman–Crippen MR) is 101 cm³/mol. The number of amides is 2. The monoisotopic (exact) mass is 354 g/mol. The molecular weight excluding hydrogens is 331 g/mol. The highest BCUT2D eigenvalue weighted by molar-refractivity contribution is 6.16. The maximum atomic E-state index is 14.1. The quantitative estimate of drug-likeness (QED) is 0.770. The molecule has 0 spiro atoms. The minimum atomic E-state index is -1.07. The lowest BCUT2D eigenvalue weighted by Crippen LogP contribution is -2.35. The Labute approximate surface area is 152 Å². The molecule has 136 valence electrons. The molecule has 3 rings (SSSR count). The molecule has 1 aliphatic rings. The van der Waals surface area contributed by atoms with Crippen molar-refractivity contribution in [2.75, 3.05) is 10.6 Å². The zero-order valence-electron chi connectivity index (χ0n) is 15.2. The van der Waals surface area contributed by atoms with Crippen LogP contribution in [-0.2, 0) is 9.59 Å². The normalized spacial score (nSPS) is 14.8. The zero-order chi connectivity index (χ0) is 18.9. The van der Waals surface area contributed by atoms with Crippen LogP contribution in [0.1, 0.15) is 43.7 Å². The van der Waals surface area contributed by atoms with Gasteiger partial charge in [-0.1, -0.05) is 37.6 Å². The summed E-state index contributed by atoms with van der Waals surface area (Å²) in [5, 5.41) is 5.49. The summed E-state index contributed by atoms with van der Waals surface area (Å²) in [5.41, 5.74) is 1.64. The smallest absolute Gasteiger partial charge is 0.240 e. The van der Waals surface area contributed by atoms with Gasteiger partial charge in [0, 0.05) is 11.4 Å². The Balaban J connectivity index is 1.69. The van der Waals surface area contributed by atoms with Crippen LogP contribution in [0.4, 0.5) is 15.8 Å². The van der Waals surface area contributed by atoms with Crippen LogP contribution < -0.4 is 10.6 Å².